The second-order valence-electron chi connectivity index (χ2n) is 7.77. The second-order valence-corrected chi connectivity index (χ2v) is 8.80. The maximum Gasteiger partial charge on any atom is 0.140 e. The molecule has 154 valence electrons. The lowest BCUT2D eigenvalue weighted by Crippen LogP contribution is -2.31. The van der Waals surface area contributed by atoms with Crippen LogP contribution in [-0.2, 0) is 0 Å². The van der Waals surface area contributed by atoms with Crippen LogP contribution in [0.4, 0.5) is 5.82 Å². The molecule has 0 amide bonds. The Hall–Kier alpha value is -3.43. The summed E-state index contributed by atoms with van der Waals surface area (Å²) in [7, 11) is 0. The molecule has 1 aliphatic heterocycles. The number of piperidine rings is 1. The van der Waals surface area contributed by atoms with Crippen molar-refractivity contribution in [2.45, 2.75) is 26.2 Å². The molecule has 2 aromatic carbocycles. The van der Waals surface area contributed by atoms with Gasteiger partial charge in [-0.15, -0.1) is 11.3 Å². The molecule has 3 heterocycles. The van der Waals surface area contributed by atoms with Crippen molar-refractivity contribution < 1.29 is 0 Å². The van der Waals surface area contributed by atoms with E-state index < -0.39 is 0 Å². The zero-order valence-electron chi connectivity index (χ0n) is 17.5. The van der Waals surface area contributed by atoms with E-state index in [9.17, 15) is 5.26 Å². The summed E-state index contributed by atoms with van der Waals surface area (Å²) in [5.41, 5.74) is 4.45. The van der Waals surface area contributed by atoms with Crippen LogP contribution < -0.4 is 4.90 Å². The van der Waals surface area contributed by atoms with Gasteiger partial charge in [0, 0.05) is 18.7 Å². The number of para-hydroxylation sites is 2. The number of nitriles is 1. The Bertz CT molecular complexity index is 1250. The molecule has 0 N–H and O–H groups in total. The molecule has 0 unspecified atom stereocenters. The fourth-order valence-corrected chi connectivity index (χ4v) is 5.06. The average molecular weight is 426 g/mol. The highest BCUT2D eigenvalue weighted by Crippen LogP contribution is 2.34. The van der Waals surface area contributed by atoms with Gasteiger partial charge in [0.2, 0.25) is 0 Å². The molecule has 0 atom stereocenters. The van der Waals surface area contributed by atoms with Crippen LogP contribution in [0.2, 0.25) is 0 Å². The van der Waals surface area contributed by atoms with Crippen molar-refractivity contribution >= 4 is 39.0 Å². The minimum absolute atomic E-state index is 0.579. The fourth-order valence-electron chi connectivity index (χ4n) is 4.13. The number of hydrogen-bond donors (Lipinski definition) is 0. The van der Waals surface area contributed by atoms with Gasteiger partial charge in [-0.05, 0) is 56.5 Å². The first kappa shape index (κ1) is 19.5. The Morgan fingerprint density at radius 3 is 2.52 bits per heavy atom. The summed E-state index contributed by atoms with van der Waals surface area (Å²) in [4.78, 5) is 7.12. The lowest BCUT2D eigenvalue weighted by atomic mass is 10.1. The first-order valence-corrected chi connectivity index (χ1v) is 11.4. The smallest absolute Gasteiger partial charge is 0.140 e. The van der Waals surface area contributed by atoms with E-state index in [1.807, 2.05) is 60.1 Å². The molecule has 0 aliphatic carbocycles. The minimum Gasteiger partial charge on any atom is -0.356 e. The first-order valence-electron chi connectivity index (χ1n) is 10.6. The summed E-state index contributed by atoms with van der Waals surface area (Å²) in [5.74, 6) is 1.07. The summed E-state index contributed by atoms with van der Waals surface area (Å²) >= 11 is 1.56. The van der Waals surface area contributed by atoms with E-state index in [1.54, 1.807) is 11.3 Å². The summed E-state index contributed by atoms with van der Waals surface area (Å²) in [6.45, 7) is 4.02. The van der Waals surface area contributed by atoms with Crippen molar-refractivity contribution in [2.24, 2.45) is 0 Å². The maximum atomic E-state index is 9.99. The number of hydrogen-bond acceptors (Lipinski definition) is 5. The van der Waals surface area contributed by atoms with Crippen molar-refractivity contribution in [3.05, 3.63) is 70.9 Å². The van der Waals surface area contributed by atoms with E-state index in [1.165, 1.54) is 19.3 Å². The van der Waals surface area contributed by atoms with Gasteiger partial charge in [-0.2, -0.15) is 10.4 Å². The number of fused-ring (bicyclic) bond motifs is 1. The third-order valence-corrected chi connectivity index (χ3v) is 6.74. The van der Waals surface area contributed by atoms with Crippen molar-refractivity contribution in [2.75, 3.05) is 18.0 Å². The van der Waals surface area contributed by atoms with Crippen LogP contribution in [0.1, 0.15) is 35.5 Å². The molecular weight excluding hydrogens is 402 g/mol. The molecule has 1 saturated heterocycles. The SMILES string of the molecule is Cc1nn(-c2ccccc2)c(N2CCCCC2)c1/C=C(\C#N)c1nc2ccccc2s1. The van der Waals surface area contributed by atoms with Gasteiger partial charge in [-0.1, -0.05) is 30.3 Å². The van der Waals surface area contributed by atoms with Crippen LogP contribution in [0.25, 0.3) is 27.6 Å². The molecule has 5 nitrogen and oxygen atoms in total. The van der Waals surface area contributed by atoms with Gasteiger partial charge in [0.05, 0.1) is 27.2 Å². The monoisotopic (exact) mass is 425 g/mol. The number of benzene rings is 2. The summed E-state index contributed by atoms with van der Waals surface area (Å²) < 4.78 is 3.12. The highest BCUT2D eigenvalue weighted by Gasteiger charge is 2.23. The average Bonchev–Trinajstić information content (AvgIpc) is 3.39. The molecule has 0 spiro atoms. The van der Waals surface area contributed by atoms with Crippen molar-refractivity contribution in [3.63, 3.8) is 0 Å². The number of nitrogens with zero attached hydrogens (tertiary/aromatic N) is 5. The van der Waals surface area contributed by atoms with E-state index in [0.29, 0.717) is 5.57 Å². The molecule has 0 radical (unpaired) electrons. The van der Waals surface area contributed by atoms with Crippen molar-refractivity contribution in [1.82, 2.24) is 14.8 Å². The zero-order valence-corrected chi connectivity index (χ0v) is 18.3. The third-order valence-electron chi connectivity index (χ3n) is 5.67. The first-order chi connectivity index (χ1) is 15.2. The van der Waals surface area contributed by atoms with Gasteiger partial charge >= 0.3 is 0 Å². The highest BCUT2D eigenvalue weighted by atomic mass is 32.1. The minimum atomic E-state index is 0.579. The normalized spacial score (nSPS) is 14.7. The van der Waals surface area contributed by atoms with E-state index >= 15 is 0 Å². The van der Waals surface area contributed by atoms with Crippen molar-refractivity contribution in [1.29, 1.82) is 5.26 Å². The molecule has 31 heavy (non-hydrogen) atoms. The Labute approximate surface area is 185 Å². The van der Waals surface area contributed by atoms with Gasteiger partial charge in [0.15, 0.2) is 0 Å². The number of allylic oxidation sites excluding steroid dienone is 1. The van der Waals surface area contributed by atoms with Gasteiger partial charge in [0.25, 0.3) is 0 Å². The largest absolute Gasteiger partial charge is 0.356 e. The Balaban J connectivity index is 1.67. The molecule has 1 fully saturated rings. The Morgan fingerprint density at radius 1 is 1.03 bits per heavy atom. The Morgan fingerprint density at radius 2 is 1.77 bits per heavy atom. The van der Waals surface area contributed by atoms with Crippen LogP contribution in [0.5, 0.6) is 0 Å². The summed E-state index contributed by atoms with van der Waals surface area (Å²) in [6, 6.07) is 20.6. The number of rotatable bonds is 4. The number of anilines is 1. The lowest BCUT2D eigenvalue weighted by molar-refractivity contribution is 0.567. The topological polar surface area (TPSA) is 57.7 Å². The molecule has 2 aromatic heterocycles. The summed E-state index contributed by atoms with van der Waals surface area (Å²) in [5, 5.41) is 15.6. The predicted molar refractivity (Wildman–Crippen MR) is 127 cm³/mol. The van der Waals surface area contributed by atoms with Gasteiger partial charge < -0.3 is 4.90 Å². The molecule has 1 aliphatic rings. The summed E-state index contributed by atoms with van der Waals surface area (Å²) in [6.07, 6.45) is 5.58. The molecule has 4 aromatic rings. The van der Waals surface area contributed by atoms with Crippen LogP contribution in [0.15, 0.2) is 54.6 Å². The molecule has 0 bridgehead atoms. The van der Waals surface area contributed by atoms with Gasteiger partial charge in [-0.3, -0.25) is 0 Å². The van der Waals surface area contributed by atoms with E-state index in [4.69, 9.17) is 10.1 Å². The number of aryl methyl sites for hydroxylation is 1. The van der Waals surface area contributed by atoms with E-state index in [-0.39, 0.29) is 0 Å². The zero-order chi connectivity index (χ0) is 21.2. The predicted octanol–water partition coefficient (Wildman–Crippen LogP) is 5.84. The molecule has 0 saturated carbocycles. The lowest BCUT2D eigenvalue weighted by Gasteiger charge is -2.29. The van der Waals surface area contributed by atoms with Crippen LogP contribution >= 0.6 is 11.3 Å². The Kier molecular flexibility index (Phi) is 5.27. The van der Waals surface area contributed by atoms with E-state index in [2.05, 4.69) is 23.1 Å². The van der Waals surface area contributed by atoms with Crippen LogP contribution in [0.3, 0.4) is 0 Å². The number of thiazole rings is 1. The molecular formula is C25H23N5S. The quantitative estimate of drug-likeness (QED) is 0.385. The van der Waals surface area contributed by atoms with Gasteiger partial charge in [0.1, 0.15) is 16.9 Å². The highest BCUT2D eigenvalue weighted by molar-refractivity contribution is 7.19. The number of aromatic nitrogens is 3. The molecule has 6 heteroatoms. The van der Waals surface area contributed by atoms with Crippen LogP contribution in [0, 0.1) is 18.3 Å². The van der Waals surface area contributed by atoms with Gasteiger partial charge in [-0.25, -0.2) is 9.67 Å². The standard InChI is InChI=1S/C25H23N5S/c1-18-21(16-19(17-26)24-27-22-12-6-7-13-23(22)31-24)25(29-14-8-3-9-15-29)30(28-18)20-10-4-2-5-11-20/h2,4-7,10-13,16H,3,8-9,14-15H2,1H3/b19-16+. The fraction of sp³-hybridized carbons (Fsp3) is 0.240. The maximum absolute atomic E-state index is 9.99. The van der Waals surface area contributed by atoms with Crippen molar-refractivity contribution in [3.8, 4) is 11.8 Å². The second kappa shape index (κ2) is 8.37. The molecule has 5 rings (SSSR count). The third kappa shape index (κ3) is 3.73. The van der Waals surface area contributed by atoms with E-state index in [0.717, 1.165) is 51.1 Å². The van der Waals surface area contributed by atoms with Crippen LogP contribution in [-0.4, -0.2) is 27.9 Å².